The van der Waals surface area contributed by atoms with Crippen molar-refractivity contribution in [3.8, 4) is 0 Å². The van der Waals surface area contributed by atoms with Crippen LogP contribution < -0.4 is 0 Å². The molecule has 0 aromatic carbocycles. The summed E-state index contributed by atoms with van der Waals surface area (Å²) in [6, 6.07) is 4.40. The van der Waals surface area contributed by atoms with Crippen molar-refractivity contribution in [3.63, 3.8) is 0 Å². The Hall–Kier alpha value is -1.20. The van der Waals surface area contributed by atoms with E-state index in [0.717, 1.165) is 32.2 Å². The normalized spacial score (nSPS) is 21.3. The van der Waals surface area contributed by atoms with Crippen molar-refractivity contribution in [2.45, 2.75) is 31.7 Å². The average molecular weight is 291 g/mol. The summed E-state index contributed by atoms with van der Waals surface area (Å²) in [6.07, 6.45) is 7.15. The predicted octanol–water partition coefficient (Wildman–Crippen LogP) is 2.44. The van der Waals surface area contributed by atoms with Gasteiger partial charge in [-0.3, -0.25) is 9.69 Å². The molecule has 5 heteroatoms. The summed E-state index contributed by atoms with van der Waals surface area (Å²) in [5.41, 5.74) is 0.622. The molecule has 0 spiro atoms. The summed E-state index contributed by atoms with van der Waals surface area (Å²) < 4.78 is 0.538. The minimum absolute atomic E-state index is 0.0675. The van der Waals surface area contributed by atoms with Crippen molar-refractivity contribution < 1.29 is 4.79 Å². The molecule has 3 rings (SSSR count). The van der Waals surface area contributed by atoms with Crippen molar-refractivity contribution in [2.75, 3.05) is 26.2 Å². The second-order valence-corrected chi connectivity index (χ2v) is 6.09. The van der Waals surface area contributed by atoms with Gasteiger partial charge in [0.15, 0.2) is 0 Å². The molecule has 0 radical (unpaired) electrons. The Bertz CT molecular complexity index is 528. The average Bonchev–Trinajstić information content (AvgIpc) is 3.01. The van der Waals surface area contributed by atoms with Gasteiger partial charge in [-0.05, 0) is 25.0 Å². The first-order chi connectivity index (χ1) is 9.75. The minimum atomic E-state index is 0.0675. The molecule has 108 valence electrons. The van der Waals surface area contributed by atoms with E-state index in [0.29, 0.717) is 10.2 Å². The third-order valence-corrected chi connectivity index (χ3v) is 4.83. The van der Waals surface area contributed by atoms with Crippen LogP contribution in [0.25, 0.3) is 0 Å². The molecule has 1 amide bonds. The molecular weight excluding hydrogens is 270 g/mol. The SMILES string of the molecule is O=C(c1ccc[nH]c1=S)N1CCN(C2CCCC2)CC1. The minimum Gasteiger partial charge on any atom is -0.352 e. The van der Waals surface area contributed by atoms with Gasteiger partial charge >= 0.3 is 0 Å². The largest absolute Gasteiger partial charge is 0.352 e. The van der Waals surface area contributed by atoms with E-state index in [2.05, 4.69) is 9.88 Å². The Morgan fingerprint density at radius 2 is 1.90 bits per heavy atom. The molecule has 1 aliphatic carbocycles. The number of aromatic amines is 1. The lowest BCUT2D eigenvalue weighted by atomic mass is 10.1. The van der Waals surface area contributed by atoms with E-state index in [1.54, 1.807) is 6.20 Å². The zero-order chi connectivity index (χ0) is 13.9. The second kappa shape index (κ2) is 6.06. The number of hydrogen-bond acceptors (Lipinski definition) is 3. The number of amides is 1. The van der Waals surface area contributed by atoms with Crippen molar-refractivity contribution >= 4 is 18.1 Å². The van der Waals surface area contributed by atoms with E-state index >= 15 is 0 Å². The van der Waals surface area contributed by atoms with E-state index in [-0.39, 0.29) is 5.91 Å². The van der Waals surface area contributed by atoms with Crippen LogP contribution in [0, 0.1) is 4.64 Å². The van der Waals surface area contributed by atoms with Gasteiger partial charge in [-0.15, -0.1) is 0 Å². The van der Waals surface area contributed by atoms with Gasteiger partial charge in [-0.1, -0.05) is 25.1 Å². The quantitative estimate of drug-likeness (QED) is 0.851. The number of carbonyl (C=O) groups is 1. The molecule has 0 unspecified atom stereocenters. The number of hydrogen-bond donors (Lipinski definition) is 1. The van der Waals surface area contributed by atoms with Crippen molar-refractivity contribution in [1.82, 2.24) is 14.8 Å². The number of H-pyrrole nitrogens is 1. The van der Waals surface area contributed by atoms with Crippen LogP contribution >= 0.6 is 12.2 Å². The summed E-state index contributed by atoms with van der Waals surface area (Å²) in [4.78, 5) is 19.9. The van der Waals surface area contributed by atoms with Gasteiger partial charge in [0.1, 0.15) is 4.64 Å². The standard InChI is InChI=1S/C15H21N3OS/c19-15(13-6-3-7-16-14(13)20)18-10-8-17(9-11-18)12-4-1-2-5-12/h3,6-7,12H,1-2,4-5,8-11H2,(H,16,20). The number of rotatable bonds is 2. The van der Waals surface area contributed by atoms with E-state index in [4.69, 9.17) is 12.2 Å². The van der Waals surface area contributed by atoms with E-state index in [1.165, 1.54) is 25.7 Å². The fraction of sp³-hybridized carbons (Fsp3) is 0.600. The molecule has 0 bridgehead atoms. The predicted molar refractivity (Wildman–Crippen MR) is 81.4 cm³/mol. The lowest BCUT2D eigenvalue weighted by molar-refractivity contribution is 0.0572. The summed E-state index contributed by atoms with van der Waals surface area (Å²) in [7, 11) is 0. The van der Waals surface area contributed by atoms with Crippen LogP contribution in [0.1, 0.15) is 36.0 Å². The molecule has 4 nitrogen and oxygen atoms in total. The summed E-state index contributed by atoms with van der Waals surface area (Å²) in [5, 5.41) is 0. The highest BCUT2D eigenvalue weighted by Crippen LogP contribution is 2.24. The Morgan fingerprint density at radius 1 is 1.20 bits per heavy atom. The number of piperazine rings is 1. The number of nitrogens with one attached hydrogen (secondary N) is 1. The van der Waals surface area contributed by atoms with Crippen LogP contribution in [0.3, 0.4) is 0 Å². The van der Waals surface area contributed by atoms with Gasteiger partial charge in [0, 0.05) is 38.4 Å². The third-order valence-electron chi connectivity index (χ3n) is 4.49. The zero-order valence-corrected chi connectivity index (χ0v) is 12.5. The Morgan fingerprint density at radius 3 is 2.55 bits per heavy atom. The second-order valence-electron chi connectivity index (χ2n) is 5.68. The Labute approximate surface area is 124 Å². The van der Waals surface area contributed by atoms with Crippen LogP contribution in [-0.2, 0) is 0 Å². The molecule has 1 aromatic heterocycles. The van der Waals surface area contributed by atoms with Gasteiger partial charge < -0.3 is 9.88 Å². The molecule has 0 atom stereocenters. The van der Waals surface area contributed by atoms with Gasteiger partial charge in [0.2, 0.25) is 0 Å². The maximum atomic E-state index is 12.5. The molecule has 1 saturated heterocycles. The zero-order valence-electron chi connectivity index (χ0n) is 11.7. The number of carbonyl (C=O) groups excluding carboxylic acids is 1. The highest BCUT2D eigenvalue weighted by Gasteiger charge is 2.28. The van der Waals surface area contributed by atoms with Crippen LogP contribution in [0.15, 0.2) is 18.3 Å². The summed E-state index contributed by atoms with van der Waals surface area (Å²) in [5.74, 6) is 0.0675. The van der Waals surface area contributed by atoms with Crippen LogP contribution in [0.5, 0.6) is 0 Å². The fourth-order valence-corrected chi connectivity index (χ4v) is 3.54. The highest BCUT2D eigenvalue weighted by molar-refractivity contribution is 7.71. The first-order valence-electron chi connectivity index (χ1n) is 7.47. The molecule has 2 fully saturated rings. The van der Waals surface area contributed by atoms with Crippen LogP contribution in [0.4, 0.5) is 0 Å². The van der Waals surface area contributed by atoms with E-state index in [9.17, 15) is 4.79 Å². The van der Waals surface area contributed by atoms with E-state index in [1.807, 2.05) is 17.0 Å². The summed E-state index contributed by atoms with van der Waals surface area (Å²) >= 11 is 5.19. The molecule has 1 aromatic rings. The van der Waals surface area contributed by atoms with Crippen molar-refractivity contribution in [3.05, 3.63) is 28.5 Å². The molecular formula is C15H21N3OS. The van der Waals surface area contributed by atoms with Crippen molar-refractivity contribution in [1.29, 1.82) is 0 Å². The lowest BCUT2D eigenvalue weighted by Gasteiger charge is -2.38. The van der Waals surface area contributed by atoms with Crippen molar-refractivity contribution in [2.24, 2.45) is 0 Å². The molecule has 1 N–H and O–H groups in total. The number of aromatic nitrogens is 1. The maximum absolute atomic E-state index is 12.5. The maximum Gasteiger partial charge on any atom is 0.256 e. The smallest absolute Gasteiger partial charge is 0.256 e. The van der Waals surface area contributed by atoms with Gasteiger partial charge in [0.05, 0.1) is 5.56 Å². The van der Waals surface area contributed by atoms with Gasteiger partial charge in [-0.2, -0.15) is 0 Å². The summed E-state index contributed by atoms with van der Waals surface area (Å²) in [6.45, 7) is 3.64. The number of pyridine rings is 1. The first kappa shape index (κ1) is 13.8. The van der Waals surface area contributed by atoms with Crippen LogP contribution in [-0.4, -0.2) is 52.9 Å². The molecule has 2 aliphatic rings. The topological polar surface area (TPSA) is 39.3 Å². The van der Waals surface area contributed by atoms with Gasteiger partial charge in [0.25, 0.3) is 5.91 Å². The molecule has 1 saturated carbocycles. The van der Waals surface area contributed by atoms with E-state index < -0.39 is 0 Å². The Balaban J connectivity index is 1.62. The Kier molecular flexibility index (Phi) is 4.17. The first-order valence-corrected chi connectivity index (χ1v) is 7.87. The molecule has 20 heavy (non-hydrogen) atoms. The molecule has 2 heterocycles. The van der Waals surface area contributed by atoms with Gasteiger partial charge in [-0.25, -0.2) is 0 Å². The van der Waals surface area contributed by atoms with Crippen LogP contribution in [0.2, 0.25) is 0 Å². The highest BCUT2D eigenvalue weighted by atomic mass is 32.1. The monoisotopic (exact) mass is 291 g/mol. The number of nitrogens with zero attached hydrogens (tertiary/aromatic N) is 2. The third kappa shape index (κ3) is 2.79. The lowest BCUT2D eigenvalue weighted by Crippen LogP contribution is -2.51. The fourth-order valence-electron chi connectivity index (χ4n) is 3.32. The molecule has 1 aliphatic heterocycles.